The van der Waals surface area contributed by atoms with Crippen molar-refractivity contribution in [1.29, 1.82) is 0 Å². The molecule has 0 aromatic rings. The van der Waals surface area contributed by atoms with E-state index < -0.39 is 16.8 Å². The predicted octanol–water partition coefficient (Wildman–Crippen LogP) is 2.10. The van der Waals surface area contributed by atoms with E-state index in [1.807, 2.05) is 23.5 Å². The molecule has 7 fully saturated rings. The number of aliphatic hydroxyl groups excluding tert-OH is 1. The number of hydrogen-bond acceptors (Lipinski definition) is 7. The molecule has 6 bridgehead atoms. The first-order valence-corrected chi connectivity index (χ1v) is 12.5. The van der Waals surface area contributed by atoms with Crippen molar-refractivity contribution in [2.75, 3.05) is 24.7 Å². The van der Waals surface area contributed by atoms with Gasteiger partial charge in [-0.05, 0) is 49.0 Å². The minimum Gasteiger partial charge on any atom is -0.432 e. The van der Waals surface area contributed by atoms with Crippen molar-refractivity contribution in [3.8, 4) is 0 Å². The number of rotatable bonds is 3. The molecule has 0 aromatic heterocycles. The van der Waals surface area contributed by atoms with Gasteiger partial charge in [0, 0.05) is 30.3 Å². The summed E-state index contributed by atoms with van der Waals surface area (Å²) in [7, 11) is 0. The van der Waals surface area contributed by atoms with Gasteiger partial charge in [0.1, 0.15) is 0 Å². The van der Waals surface area contributed by atoms with Crippen LogP contribution in [0.15, 0.2) is 0 Å². The summed E-state index contributed by atoms with van der Waals surface area (Å²) < 4.78 is 12.9. The van der Waals surface area contributed by atoms with Crippen molar-refractivity contribution in [3.05, 3.63) is 0 Å². The Bertz CT molecular complexity index is 683. The minimum absolute atomic E-state index is 0.0185. The lowest BCUT2D eigenvalue weighted by Gasteiger charge is -2.66. The lowest BCUT2D eigenvalue weighted by atomic mass is 9.44. The highest BCUT2D eigenvalue weighted by Crippen LogP contribution is 2.79. The molecule has 1 spiro atoms. The summed E-state index contributed by atoms with van der Waals surface area (Å²) in [4.78, 5) is 13.4. The first-order valence-electron chi connectivity index (χ1n) is 10.4. The highest BCUT2D eigenvalue weighted by atomic mass is 32.2. The maximum atomic E-state index is 13.4. The van der Waals surface area contributed by atoms with Gasteiger partial charge in [0.05, 0.1) is 22.2 Å². The van der Waals surface area contributed by atoms with Gasteiger partial charge in [0.2, 0.25) is 5.79 Å². The van der Waals surface area contributed by atoms with Crippen LogP contribution in [0.25, 0.3) is 0 Å². The first-order chi connectivity index (χ1) is 13.0. The molecule has 5 nitrogen and oxygen atoms in total. The molecule has 3 saturated heterocycles. The van der Waals surface area contributed by atoms with Crippen LogP contribution in [-0.4, -0.2) is 56.9 Å². The Balaban J connectivity index is 1.50. The van der Waals surface area contributed by atoms with Gasteiger partial charge in [-0.25, -0.2) is 0 Å². The van der Waals surface area contributed by atoms with Crippen molar-refractivity contribution in [3.63, 3.8) is 0 Å². The van der Waals surface area contributed by atoms with Crippen LogP contribution in [0.3, 0.4) is 0 Å². The van der Waals surface area contributed by atoms with E-state index >= 15 is 0 Å². The third-order valence-corrected chi connectivity index (χ3v) is 11.8. The average molecular weight is 413 g/mol. The van der Waals surface area contributed by atoms with Crippen LogP contribution in [0, 0.1) is 40.9 Å². The fourth-order valence-electron chi connectivity index (χ4n) is 8.22. The zero-order valence-electron chi connectivity index (χ0n) is 15.6. The van der Waals surface area contributed by atoms with Crippen molar-refractivity contribution in [1.82, 2.24) is 0 Å². The van der Waals surface area contributed by atoms with Gasteiger partial charge in [-0.2, -0.15) is 0 Å². The largest absolute Gasteiger partial charge is 0.432 e. The van der Waals surface area contributed by atoms with Gasteiger partial charge in [-0.15, -0.1) is 23.5 Å². The van der Waals surface area contributed by atoms with Gasteiger partial charge < -0.3 is 19.7 Å². The maximum Gasteiger partial charge on any atom is 0.315 e. The molecule has 7 heteroatoms. The fourth-order valence-corrected chi connectivity index (χ4v) is 11.3. The Morgan fingerprint density at radius 3 is 2.78 bits per heavy atom. The second-order valence-corrected chi connectivity index (χ2v) is 12.6. The van der Waals surface area contributed by atoms with Gasteiger partial charge in [-0.1, -0.05) is 6.92 Å². The van der Waals surface area contributed by atoms with Crippen molar-refractivity contribution < 1.29 is 24.5 Å². The number of carbonyl (C=O) groups is 1. The molecule has 2 N–H and O–H groups in total. The van der Waals surface area contributed by atoms with E-state index in [0.717, 1.165) is 24.3 Å². The van der Waals surface area contributed by atoms with Crippen LogP contribution in [0.1, 0.15) is 32.6 Å². The molecule has 9 unspecified atom stereocenters. The number of ether oxygens (including phenoxy) is 2. The summed E-state index contributed by atoms with van der Waals surface area (Å²) in [5.74, 6) is 1.53. The minimum atomic E-state index is -0.965. The van der Waals surface area contributed by atoms with E-state index in [-0.39, 0.29) is 36.2 Å². The smallest absolute Gasteiger partial charge is 0.315 e. The molecule has 7 aliphatic rings. The molecule has 9 atom stereocenters. The molecule has 3 heterocycles. The molecule has 150 valence electrons. The Morgan fingerprint density at radius 2 is 2.04 bits per heavy atom. The highest BCUT2D eigenvalue weighted by Gasteiger charge is 2.88. The number of thioether (sulfide) groups is 2. The van der Waals surface area contributed by atoms with Crippen LogP contribution in [0.5, 0.6) is 0 Å². The molecule has 0 amide bonds. The Labute approximate surface area is 168 Å². The SMILES string of the molecule is CC1C2CCOC34OC(=O)C5(CC6SCCCS6)CC(O)(C(CO)C23)C1C54. The number of esters is 1. The topological polar surface area (TPSA) is 76.0 Å². The normalized spacial score (nSPS) is 58.6. The van der Waals surface area contributed by atoms with Crippen molar-refractivity contribution in [2.45, 2.75) is 48.6 Å². The summed E-state index contributed by atoms with van der Waals surface area (Å²) in [6.07, 6.45) is 3.36. The highest BCUT2D eigenvalue weighted by molar-refractivity contribution is 8.17. The van der Waals surface area contributed by atoms with E-state index in [1.165, 1.54) is 6.42 Å². The van der Waals surface area contributed by atoms with Crippen molar-refractivity contribution in [2.24, 2.45) is 40.9 Å². The molecular formula is C20H28O5S2. The van der Waals surface area contributed by atoms with E-state index in [0.29, 0.717) is 29.4 Å². The molecule has 7 rings (SSSR count). The maximum absolute atomic E-state index is 13.4. The van der Waals surface area contributed by atoms with Gasteiger partial charge in [-0.3, -0.25) is 4.79 Å². The predicted molar refractivity (Wildman–Crippen MR) is 103 cm³/mol. The standard InChI is InChI=1S/C20H28O5S2/c1-10-11-3-4-24-20-15(11)12(8-21)19(23)9-18(17(22)25-20,16(20)14(10)19)7-13-26-5-2-6-27-13/h10-16,21,23H,2-9H2,1H3. The molecule has 4 aliphatic carbocycles. The number of carbonyl (C=O) groups excluding carboxylic acids is 1. The van der Waals surface area contributed by atoms with E-state index in [9.17, 15) is 15.0 Å². The zero-order chi connectivity index (χ0) is 18.6. The van der Waals surface area contributed by atoms with Crippen LogP contribution < -0.4 is 0 Å². The second kappa shape index (κ2) is 5.60. The van der Waals surface area contributed by atoms with Crippen LogP contribution in [-0.2, 0) is 14.3 Å². The fraction of sp³-hybridized carbons (Fsp3) is 0.950. The third kappa shape index (κ3) is 1.90. The number of aliphatic hydroxyl groups is 2. The first kappa shape index (κ1) is 17.9. The Morgan fingerprint density at radius 1 is 1.26 bits per heavy atom. The monoisotopic (exact) mass is 412 g/mol. The zero-order valence-corrected chi connectivity index (χ0v) is 17.3. The van der Waals surface area contributed by atoms with Gasteiger partial charge >= 0.3 is 5.97 Å². The molecule has 0 aromatic carbocycles. The van der Waals surface area contributed by atoms with Gasteiger partial charge in [0.15, 0.2) is 0 Å². The average Bonchev–Trinajstić information content (AvgIpc) is 3.02. The molecule has 27 heavy (non-hydrogen) atoms. The van der Waals surface area contributed by atoms with E-state index in [2.05, 4.69) is 6.92 Å². The summed E-state index contributed by atoms with van der Waals surface area (Å²) in [5.41, 5.74) is -1.62. The molecule has 4 saturated carbocycles. The van der Waals surface area contributed by atoms with Crippen LogP contribution in [0.2, 0.25) is 0 Å². The number of hydrogen-bond donors (Lipinski definition) is 2. The second-order valence-electron chi connectivity index (χ2n) is 9.64. The lowest BCUT2D eigenvalue weighted by Crippen LogP contribution is -2.74. The summed E-state index contributed by atoms with van der Waals surface area (Å²) in [5, 5.41) is 22.2. The van der Waals surface area contributed by atoms with Gasteiger partial charge in [0.25, 0.3) is 0 Å². The Hall–Kier alpha value is 0.0500. The summed E-state index contributed by atoms with van der Waals surface area (Å²) in [6, 6.07) is 0. The van der Waals surface area contributed by atoms with Crippen LogP contribution >= 0.6 is 23.5 Å². The van der Waals surface area contributed by atoms with Crippen molar-refractivity contribution >= 4 is 29.5 Å². The van der Waals surface area contributed by atoms with Crippen LogP contribution in [0.4, 0.5) is 0 Å². The Kier molecular flexibility index (Phi) is 3.70. The summed E-state index contributed by atoms with van der Waals surface area (Å²) >= 11 is 3.90. The molecule has 3 aliphatic heterocycles. The summed E-state index contributed by atoms with van der Waals surface area (Å²) in [6.45, 7) is 2.81. The molecular weight excluding hydrogens is 384 g/mol. The lowest BCUT2D eigenvalue weighted by molar-refractivity contribution is -0.377. The molecule has 0 radical (unpaired) electrons. The van der Waals surface area contributed by atoms with E-state index in [4.69, 9.17) is 9.47 Å². The quantitative estimate of drug-likeness (QED) is 0.688. The third-order valence-electron chi connectivity index (χ3n) is 8.87. The van der Waals surface area contributed by atoms with E-state index in [1.54, 1.807) is 0 Å².